The summed E-state index contributed by atoms with van der Waals surface area (Å²) in [6, 6.07) is 4.15. The highest BCUT2D eigenvalue weighted by molar-refractivity contribution is 5.33. The highest BCUT2D eigenvalue weighted by Gasteiger charge is 2.07. The summed E-state index contributed by atoms with van der Waals surface area (Å²) in [4.78, 5) is 2.14. The molecule has 0 atom stereocenters. The van der Waals surface area contributed by atoms with Crippen molar-refractivity contribution in [3.8, 4) is 6.07 Å². The summed E-state index contributed by atoms with van der Waals surface area (Å²) in [5.41, 5.74) is 3.09. The van der Waals surface area contributed by atoms with Crippen LogP contribution in [0.3, 0.4) is 0 Å². The van der Waals surface area contributed by atoms with E-state index in [1.165, 1.54) is 5.56 Å². The van der Waals surface area contributed by atoms with Gasteiger partial charge in [0.25, 0.3) is 0 Å². The van der Waals surface area contributed by atoms with Crippen LogP contribution in [0.15, 0.2) is 6.07 Å². The lowest BCUT2D eigenvalue weighted by Crippen LogP contribution is -2.26. The van der Waals surface area contributed by atoms with Crippen LogP contribution < -0.4 is 5.32 Å². The van der Waals surface area contributed by atoms with Crippen molar-refractivity contribution in [1.29, 1.82) is 5.26 Å². The van der Waals surface area contributed by atoms with Crippen LogP contribution in [0.2, 0.25) is 0 Å². The quantitative estimate of drug-likeness (QED) is 0.748. The molecule has 88 valence electrons. The Morgan fingerprint density at radius 1 is 1.50 bits per heavy atom. The van der Waals surface area contributed by atoms with Crippen LogP contribution in [-0.4, -0.2) is 36.7 Å². The van der Waals surface area contributed by atoms with E-state index in [4.69, 9.17) is 5.26 Å². The van der Waals surface area contributed by atoms with E-state index < -0.39 is 0 Å². The lowest BCUT2D eigenvalue weighted by atomic mass is 10.2. The Morgan fingerprint density at radius 3 is 2.69 bits per heavy atom. The molecule has 1 aromatic rings. The summed E-state index contributed by atoms with van der Waals surface area (Å²) in [5.74, 6) is 0. The van der Waals surface area contributed by atoms with Gasteiger partial charge in [0.1, 0.15) is 11.8 Å². The van der Waals surface area contributed by atoms with E-state index in [0.717, 1.165) is 31.0 Å². The molecule has 1 heterocycles. The van der Waals surface area contributed by atoms with Crippen LogP contribution in [0.1, 0.15) is 17.0 Å². The van der Waals surface area contributed by atoms with Gasteiger partial charge in [0.15, 0.2) is 0 Å². The van der Waals surface area contributed by atoms with Gasteiger partial charge in [-0.1, -0.05) is 0 Å². The summed E-state index contributed by atoms with van der Waals surface area (Å²) in [6.07, 6.45) is 0. The summed E-state index contributed by atoms with van der Waals surface area (Å²) < 4.78 is 1.93. The molecule has 1 rings (SSSR count). The minimum atomic E-state index is 0.724. The second-order valence-electron chi connectivity index (χ2n) is 4.29. The van der Waals surface area contributed by atoms with Gasteiger partial charge in [0, 0.05) is 32.4 Å². The predicted octanol–water partition coefficient (Wildman–Crippen LogP) is 0.856. The highest BCUT2D eigenvalue weighted by atomic mass is 15.1. The molecule has 4 heteroatoms. The van der Waals surface area contributed by atoms with Crippen LogP contribution in [0.25, 0.3) is 0 Å². The van der Waals surface area contributed by atoms with Crippen molar-refractivity contribution in [2.75, 3.05) is 27.2 Å². The Balaban J connectivity index is 2.52. The zero-order valence-corrected chi connectivity index (χ0v) is 10.5. The molecule has 0 bridgehead atoms. The Morgan fingerprint density at radius 2 is 2.19 bits per heavy atom. The lowest BCUT2D eigenvalue weighted by Gasteiger charge is -2.10. The SMILES string of the molecule is Cc1c(CNCCN(C)C)cc(C#N)n1C. The van der Waals surface area contributed by atoms with Crippen molar-refractivity contribution >= 4 is 0 Å². The second kappa shape index (κ2) is 5.69. The van der Waals surface area contributed by atoms with Gasteiger partial charge in [0.2, 0.25) is 0 Å². The topological polar surface area (TPSA) is 44.0 Å². The van der Waals surface area contributed by atoms with Crippen molar-refractivity contribution in [2.45, 2.75) is 13.5 Å². The number of hydrogen-bond acceptors (Lipinski definition) is 3. The number of nitrogens with zero attached hydrogens (tertiary/aromatic N) is 3. The lowest BCUT2D eigenvalue weighted by molar-refractivity contribution is 0.400. The standard InChI is InChI=1S/C12H20N4/c1-10-11(7-12(8-13)16(10)4)9-14-5-6-15(2)3/h7,14H,5-6,9H2,1-4H3. The van der Waals surface area contributed by atoms with Crippen LogP contribution >= 0.6 is 0 Å². The average molecular weight is 220 g/mol. The number of aromatic nitrogens is 1. The Hall–Kier alpha value is -1.31. The number of rotatable bonds is 5. The van der Waals surface area contributed by atoms with Crippen molar-refractivity contribution in [1.82, 2.24) is 14.8 Å². The van der Waals surface area contributed by atoms with Gasteiger partial charge in [-0.15, -0.1) is 0 Å². The fourth-order valence-corrected chi connectivity index (χ4v) is 1.57. The average Bonchev–Trinajstić information content (AvgIpc) is 2.51. The van der Waals surface area contributed by atoms with Gasteiger partial charge in [-0.3, -0.25) is 0 Å². The zero-order chi connectivity index (χ0) is 12.1. The highest BCUT2D eigenvalue weighted by Crippen LogP contribution is 2.12. The van der Waals surface area contributed by atoms with E-state index in [1.54, 1.807) is 0 Å². The molecule has 0 saturated heterocycles. The Labute approximate surface area is 97.5 Å². The molecule has 0 saturated carbocycles. The van der Waals surface area contributed by atoms with E-state index in [1.807, 2.05) is 24.6 Å². The summed E-state index contributed by atoms with van der Waals surface area (Å²) >= 11 is 0. The van der Waals surface area contributed by atoms with E-state index in [0.29, 0.717) is 0 Å². The monoisotopic (exact) mass is 220 g/mol. The molecular formula is C12H20N4. The first-order valence-corrected chi connectivity index (χ1v) is 5.47. The Kier molecular flexibility index (Phi) is 4.53. The number of nitrogens with one attached hydrogen (secondary N) is 1. The van der Waals surface area contributed by atoms with Gasteiger partial charge in [-0.2, -0.15) is 5.26 Å². The van der Waals surface area contributed by atoms with Crippen LogP contribution in [-0.2, 0) is 13.6 Å². The molecule has 16 heavy (non-hydrogen) atoms. The van der Waals surface area contributed by atoms with E-state index in [2.05, 4.69) is 30.4 Å². The minimum Gasteiger partial charge on any atom is -0.340 e. The van der Waals surface area contributed by atoms with E-state index >= 15 is 0 Å². The fraction of sp³-hybridized carbons (Fsp3) is 0.583. The zero-order valence-electron chi connectivity index (χ0n) is 10.5. The molecule has 0 aliphatic rings. The summed E-state index contributed by atoms with van der Waals surface area (Å²) in [5, 5.41) is 12.3. The molecule has 0 fully saturated rings. The van der Waals surface area contributed by atoms with Crippen LogP contribution in [0.5, 0.6) is 0 Å². The minimum absolute atomic E-state index is 0.724. The molecule has 0 aromatic carbocycles. The van der Waals surface area contributed by atoms with Gasteiger partial charge < -0.3 is 14.8 Å². The molecule has 4 nitrogen and oxygen atoms in total. The van der Waals surface area contributed by atoms with Crippen molar-refractivity contribution in [3.05, 3.63) is 23.0 Å². The first-order chi connectivity index (χ1) is 7.56. The number of nitriles is 1. The van der Waals surface area contributed by atoms with Crippen molar-refractivity contribution < 1.29 is 0 Å². The first kappa shape index (κ1) is 12.8. The summed E-state index contributed by atoms with van der Waals surface area (Å²) in [6.45, 7) is 4.86. The molecule has 0 unspecified atom stereocenters. The third-order valence-electron chi connectivity index (χ3n) is 2.81. The van der Waals surface area contributed by atoms with Crippen molar-refractivity contribution in [3.63, 3.8) is 0 Å². The maximum absolute atomic E-state index is 8.90. The molecule has 0 aliphatic carbocycles. The number of hydrogen-bond donors (Lipinski definition) is 1. The first-order valence-electron chi connectivity index (χ1n) is 5.47. The smallest absolute Gasteiger partial charge is 0.120 e. The summed E-state index contributed by atoms with van der Waals surface area (Å²) in [7, 11) is 6.05. The number of likely N-dealkylation sites (N-methyl/N-ethyl adjacent to an activating group) is 1. The predicted molar refractivity (Wildman–Crippen MR) is 65.1 cm³/mol. The largest absolute Gasteiger partial charge is 0.340 e. The third-order valence-corrected chi connectivity index (χ3v) is 2.81. The van der Waals surface area contributed by atoms with Crippen LogP contribution in [0, 0.1) is 18.3 Å². The molecule has 0 aliphatic heterocycles. The van der Waals surface area contributed by atoms with Gasteiger partial charge >= 0.3 is 0 Å². The molecule has 0 radical (unpaired) electrons. The molecule has 1 aromatic heterocycles. The normalized spacial score (nSPS) is 10.8. The van der Waals surface area contributed by atoms with Gasteiger partial charge in [-0.05, 0) is 32.6 Å². The third kappa shape index (κ3) is 3.09. The maximum Gasteiger partial charge on any atom is 0.120 e. The van der Waals surface area contributed by atoms with Crippen LogP contribution in [0.4, 0.5) is 0 Å². The second-order valence-corrected chi connectivity index (χ2v) is 4.29. The fourth-order valence-electron chi connectivity index (χ4n) is 1.57. The maximum atomic E-state index is 8.90. The molecule has 0 spiro atoms. The molecular weight excluding hydrogens is 200 g/mol. The van der Waals surface area contributed by atoms with Gasteiger partial charge in [0.05, 0.1) is 0 Å². The molecule has 1 N–H and O–H groups in total. The Bertz CT molecular complexity index is 384. The van der Waals surface area contributed by atoms with E-state index in [9.17, 15) is 0 Å². The van der Waals surface area contributed by atoms with Gasteiger partial charge in [-0.25, -0.2) is 0 Å². The molecule has 0 amide bonds. The van der Waals surface area contributed by atoms with Crippen molar-refractivity contribution in [2.24, 2.45) is 7.05 Å². The van der Waals surface area contributed by atoms with E-state index in [-0.39, 0.29) is 0 Å².